The number of halogens is 1. The van der Waals surface area contributed by atoms with E-state index in [9.17, 15) is 0 Å². The number of alkyl halides is 1. The number of benzene rings is 1. The molecule has 0 aliphatic rings. The fraction of sp³-hybridized carbons (Fsp3) is 0.467. The molecular formula is C15H20ClN3. The summed E-state index contributed by atoms with van der Waals surface area (Å²) in [4.78, 5) is 8.66. The van der Waals surface area contributed by atoms with Crippen molar-refractivity contribution in [1.29, 1.82) is 0 Å². The molecular weight excluding hydrogens is 258 g/mol. The summed E-state index contributed by atoms with van der Waals surface area (Å²) in [5.41, 5.74) is 1.08. The first-order valence-electron chi connectivity index (χ1n) is 6.54. The summed E-state index contributed by atoms with van der Waals surface area (Å²) in [6.07, 6.45) is 2.51. The van der Waals surface area contributed by atoms with Crippen molar-refractivity contribution in [2.75, 3.05) is 11.2 Å². The molecule has 4 heteroatoms. The van der Waals surface area contributed by atoms with Crippen molar-refractivity contribution in [2.45, 2.75) is 33.2 Å². The van der Waals surface area contributed by atoms with Crippen molar-refractivity contribution in [3.63, 3.8) is 0 Å². The van der Waals surface area contributed by atoms with Gasteiger partial charge in [-0.05, 0) is 24.0 Å². The number of hydrogen-bond acceptors (Lipinski definition) is 3. The second-order valence-corrected chi connectivity index (χ2v) is 6.16. The average molecular weight is 278 g/mol. The van der Waals surface area contributed by atoms with Gasteiger partial charge in [0.05, 0.1) is 5.52 Å². The van der Waals surface area contributed by atoms with Crippen LogP contribution >= 0.6 is 11.6 Å². The smallest absolute Gasteiger partial charge is 0.137 e. The fourth-order valence-electron chi connectivity index (χ4n) is 2.12. The minimum Gasteiger partial charge on any atom is -0.366 e. The van der Waals surface area contributed by atoms with E-state index in [1.807, 2.05) is 24.3 Å². The van der Waals surface area contributed by atoms with Crippen LogP contribution < -0.4 is 5.32 Å². The van der Waals surface area contributed by atoms with Crippen LogP contribution in [0.2, 0.25) is 0 Å². The summed E-state index contributed by atoms with van der Waals surface area (Å²) in [5, 5.41) is 4.58. The van der Waals surface area contributed by atoms with Crippen LogP contribution in [0.1, 0.15) is 27.2 Å². The van der Waals surface area contributed by atoms with E-state index in [0.29, 0.717) is 5.88 Å². The van der Waals surface area contributed by atoms with Crippen LogP contribution in [0.3, 0.4) is 0 Å². The van der Waals surface area contributed by atoms with Crippen molar-refractivity contribution in [3.05, 3.63) is 30.6 Å². The van der Waals surface area contributed by atoms with E-state index in [-0.39, 0.29) is 11.5 Å². The molecule has 1 heterocycles. The minimum atomic E-state index is 0.126. The van der Waals surface area contributed by atoms with Crippen LogP contribution in [-0.2, 0) is 0 Å². The number of fused-ring (bicyclic) bond motifs is 1. The molecule has 0 fully saturated rings. The molecule has 0 saturated heterocycles. The van der Waals surface area contributed by atoms with E-state index in [0.717, 1.165) is 23.1 Å². The van der Waals surface area contributed by atoms with Crippen LogP contribution in [0.25, 0.3) is 10.9 Å². The highest BCUT2D eigenvalue weighted by atomic mass is 35.5. The maximum Gasteiger partial charge on any atom is 0.137 e. The van der Waals surface area contributed by atoms with Crippen LogP contribution in [0, 0.1) is 5.41 Å². The first kappa shape index (κ1) is 14.1. The van der Waals surface area contributed by atoms with Gasteiger partial charge in [0.15, 0.2) is 0 Å². The van der Waals surface area contributed by atoms with Crippen molar-refractivity contribution in [1.82, 2.24) is 9.97 Å². The van der Waals surface area contributed by atoms with E-state index < -0.39 is 0 Å². The van der Waals surface area contributed by atoms with Gasteiger partial charge in [0.2, 0.25) is 0 Å². The molecule has 1 aromatic heterocycles. The molecule has 0 bridgehead atoms. The zero-order chi connectivity index (χ0) is 13.9. The summed E-state index contributed by atoms with van der Waals surface area (Å²) >= 11 is 5.91. The number of nitrogens with zero attached hydrogens (tertiary/aromatic N) is 2. The van der Waals surface area contributed by atoms with E-state index >= 15 is 0 Å². The highest BCUT2D eigenvalue weighted by Gasteiger charge is 2.24. The van der Waals surface area contributed by atoms with Gasteiger partial charge in [0.25, 0.3) is 0 Å². The lowest BCUT2D eigenvalue weighted by Gasteiger charge is -2.31. The van der Waals surface area contributed by atoms with E-state index in [1.165, 1.54) is 0 Å². The Bertz CT molecular complexity index is 543. The first-order chi connectivity index (χ1) is 9.02. The molecule has 2 aromatic rings. The number of anilines is 1. The first-order valence-corrected chi connectivity index (χ1v) is 7.08. The molecule has 1 atom stereocenters. The van der Waals surface area contributed by atoms with Gasteiger partial charge in [-0.25, -0.2) is 9.97 Å². The molecule has 0 aliphatic carbocycles. The quantitative estimate of drug-likeness (QED) is 0.856. The van der Waals surface area contributed by atoms with Crippen molar-refractivity contribution < 1.29 is 0 Å². The molecule has 0 amide bonds. The van der Waals surface area contributed by atoms with Gasteiger partial charge in [-0.1, -0.05) is 32.9 Å². The van der Waals surface area contributed by atoms with Gasteiger partial charge in [-0.2, -0.15) is 0 Å². The van der Waals surface area contributed by atoms with Gasteiger partial charge in [-0.3, -0.25) is 0 Å². The Morgan fingerprint density at radius 3 is 2.63 bits per heavy atom. The molecule has 1 unspecified atom stereocenters. The molecule has 2 rings (SSSR count). The van der Waals surface area contributed by atoms with Crippen LogP contribution in [0.15, 0.2) is 30.6 Å². The number of aromatic nitrogens is 2. The molecule has 1 N–H and O–H groups in total. The molecule has 1 aromatic carbocycles. The normalized spacial score (nSPS) is 13.5. The molecule has 3 nitrogen and oxygen atoms in total. The summed E-state index contributed by atoms with van der Waals surface area (Å²) in [5.74, 6) is 1.52. The lowest BCUT2D eigenvalue weighted by atomic mass is 9.85. The van der Waals surface area contributed by atoms with E-state index in [4.69, 9.17) is 11.6 Å². The fourth-order valence-corrected chi connectivity index (χ4v) is 2.33. The van der Waals surface area contributed by atoms with E-state index in [2.05, 4.69) is 36.1 Å². The average Bonchev–Trinajstić information content (AvgIpc) is 2.37. The molecule has 0 radical (unpaired) electrons. The highest BCUT2D eigenvalue weighted by molar-refractivity contribution is 6.17. The molecule has 0 aliphatic heterocycles. The maximum absolute atomic E-state index is 5.91. The standard InChI is InChI=1S/C15H20ClN3/c1-15(2,3)13(8-9-16)19-14-11-6-4-5-7-12(11)17-10-18-14/h4-7,10,13H,8-9H2,1-3H3,(H,17,18,19). The second kappa shape index (κ2) is 5.74. The van der Waals surface area contributed by atoms with Gasteiger partial charge >= 0.3 is 0 Å². The molecule has 102 valence electrons. The van der Waals surface area contributed by atoms with Crippen LogP contribution in [0.5, 0.6) is 0 Å². The molecule has 0 saturated carbocycles. The third-order valence-electron chi connectivity index (χ3n) is 3.30. The third-order valence-corrected chi connectivity index (χ3v) is 3.52. The summed E-state index contributed by atoms with van der Waals surface area (Å²) in [6.45, 7) is 6.63. The maximum atomic E-state index is 5.91. The SMILES string of the molecule is CC(C)(C)C(CCCl)Nc1ncnc2ccccc12. The minimum absolute atomic E-state index is 0.126. The summed E-state index contributed by atoms with van der Waals surface area (Å²) in [7, 11) is 0. The number of para-hydroxylation sites is 1. The van der Waals surface area contributed by atoms with E-state index in [1.54, 1.807) is 6.33 Å². The van der Waals surface area contributed by atoms with Gasteiger partial charge in [0.1, 0.15) is 12.1 Å². The topological polar surface area (TPSA) is 37.8 Å². The predicted molar refractivity (Wildman–Crippen MR) is 81.7 cm³/mol. The summed E-state index contributed by atoms with van der Waals surface area (Å²) in [6, 6.07) is 8.31. The van der Waals surface area contributed by atoms with Gasteiger partial charge in [0, 0.05) is 17.3 Å². The largest absolute Gasteiger partial charge is 0.366 e. The lowest BCUT2D eigenvalue weighted by Crippen LogP contribution is -2.34. The van der Waals surface area contributed by atoms with Crippen molar-refractivity contribution in [3.8, 4) is 0 Å². The number of hydrogen-bond donors (Lipinski definition) is 1. The Kier molecular flexibility index (Phi) is 4.25. The Labute approximate surface area is 119 Å². The van der Waals surface area contributed by atoms with Crippen molar-refractivity contribution >= 4 is 28.3 Å². The zero-order valence-corrected chi connectivity index (χ0v) is 12.4. The Morgan fingerprint density at radius 2 is 1.95 bits per heavy atom. The second-order valence-electron chi connectivity index (χ2n) is 5.78. The number of nitrogens with one attached hydrogen (secondary N) is 1. The zero-order valence-electron chi connectivity index (χ0n) is 11.7. The Morgan fingerprint density at radius 1 is 1.21 bits per heavy atom. The Hall–Kier alpha value is -1.35. The summed E-state index contributed by atoms with van der Waals surface area (Å²) < 4.78 is 0. The van der Waals surface area contributed by atoms with Crippen LogP contribution in [-0.4, -0.2) is 21.9 Å². The lowest BCUT2D eigenvalue weighted by molar-refractivity contribution is 0.334. The monoisotopic (exact) mass is 277 g/mol. The molecule has 0 spiro atoms. The number of rotatable bonds is 4. The van der Waals surface area contributed by atoms with Crippen molar-refractivity contribution in [2.24, 2.45) is 5.41 Å². The highest BCUT2D eigenvalue weighted by Crippen LogP contribution is 2.27. The van der Waals surface area contributed by atoms with Gasteiger partial charge in [-0.15, -0.1) is 11.6 Å². The third kappa shape index (κ3) is 3.35. The molecule has 19 heavy (non-hydrogen) atoms. The van der Waals surface area contributed by atoms with Crippen LogP contribution in [0.4, 0.5) is 5.82 Å². The predicted octanol–water partition coefficient (Wildman–Crippen LogP) is 4.09. The Balaban J connectivity index is 2.34. The van der Waals surface area contributed by atoms with Gasteiger partial charge < -0.3 is 5.32 Å².